The van der Waals surface area contributed by atoms with Crippen LogP contribution in [0.5, 0.6) is 0 Å². The molecular formula is C14H28O. The minimum atomic E-state index is -0.0578. The highest BCUT2D eigenvalue weighted by Gasteiger charge is 1.99. The molecule has 1 N–H and O–H groups in total. The minimum absolute atomic E-state index is 0.0578. The van der Waals surface area contributed by atoms with Crippen molar-refractivity contribution in [2.24, 2.45) is 0 Å². The van der Waals surface area contributed by atoms with Gasteiger partial charge in [0.25, 0.3) is 0 Å². The van der Waals surface area contributed by atoms with Crippen molar-refractivity contribution in [3.63, 3.8) is 0 Å². The molecule has 90 valence electrons. The fraction of sp³-hybridized carbons (Fsp3) is 0.857. The van der Waals surface area contributed by atoms with Gasteiger partial charge in [0.2, 0.25) is 0 Å². The van der Waals surface area contributed by atoms with Crippen molar-refractivity contribution in [3.8, 4) is 0 Å². The molecule has 1 heteroatoms. The molecule has 15 heavy (non-hydrogen) atoms. The van der Waals surface area contributed by atoms with Crippen LogP contribution < -0.4 is 0 Å². The van der Waals surface area contributed by atoms with Gasteiger partial charge in [-0.3, -0.25) is 0 Å². The molecule has 0 saturated carbocycles. The maximum Gasteiger partial charge on any atom is 0.0537 e. The summed E-state index contributed by atoms with van der Waals surface area (Å²) in [5.41, 5.74) is 0. The largest absolute Gasteiger partial charge is 0.393 e. The molecule has 0 aliphatic carbocycles. The first-order valence-corrected chi connectivity index (χ1v) is 6.60. The highest BCUT2D eigenvalue weighted by Crippen LogP contribution is 2.11. The average Bonchev–Trinajstić information content (AvgIpc) is 2.26. The van der Waals surface area contributed by atoms with E-state index in [1.165, 1.54) is 51.4 Å². The van der Waals surface area contributed by atoms with Crippen LogP contribution in [0.3, 0.4) is 0 Å². The number of unbranched alkanes of at least 4 members (excludes halogenated alkanes) is 7. The van der Waals surface area contributed by atoms with E-state index in [9.17, 15) is 5.11 Å². The van der Waals surface area contributed by atoms with E-state index < -0.39 is 0 Å². The Bertz CT molecular complexity index is 131. The molecule has 0 saturated heterocycles. The highest BCUT2D eigenvalue weighted by atomic mass is 16.3. The molecule has 0 radical (unpaired) electrons. The van der Waals surface area contributed by atoms with Crippen molar-refractivity contribution in [1.82, 2.24) is 0 Å². The first-order valence-electron chi connectivity index (χ1n) is 6.60. The van der Waals surface area contributed by atoms with Crippen molar-refractivity contribution in [3.05, 3.63) is 12.7 Å². The van der Waals surface area contributed by atoms with Gasteiger partial charge in [0, 0.05) is 0 Å². The van der Waals surface area contributed by atoms with Crippen molar-refractivity contribution in [2.45, 2.75) is 77.2 Å². The van der Waals surface area contributed by atoms with Crippen LogP contribution >= 0.6 is 0 Å². The number of allylic oxidation sites excluding steroid dienone is 1. The Labute approximate surface area is 95.6 Å². The Morgan fingerprint density at radius 1 is 1.00 bits per heavy atom. The topological polar surface area (TPSA) is 20.2 Å². The molecule has 0 aromatic carbocycles. The summed E-state index contributed by atoms with van der Waals surface area (Å²) in [5.74, 6) is 0. The predicted octanol–water partition coefficient (Wildman–Crippen LogP) is 4.45. The van der Waals surface area contributed by atoms with Crippen molar-refractivity contribution in [2.75, 3.05) is 0 Å². The van der Waals surface area contributed by atoms with Crippen molar-refractivity contribution in [1.29, 1.82) is 0 Å². The number of aliphatic hydroxyl groups is 1. The molecule has 1 atom stereocenters. The van der Waals surface area contributed by atoms with E-state index >= 15 is 0 Å². The molecule has 0 spiro atoms. The lowest BCUT2D eigenvalue weighted by Crippen LogP contribution is -2.03. The van der Waals surface area contributed by atoms with E-state index in [4.69, 9.17) is 0 Å². The van der Waals surface area contributed by atoms with Gasteiger partial charge >= 0.3 is 0 Å². The van der Waals surface area contributed by atoms with Gasteiger partial charge in [-0.15, -0.1) is 6.58 Å². The molecule has 0 aromatic rings. The fourth-order valence-corrected chi connectivity index (χ4v) is 1.76. The van der Waals surface area contributed by atoms with E-state index in [1.54, 1.807) is 0 Å². The van der Waals surface area contributed by atoms with Crippen LogP contribution in [0, 0.1) is 0 Å². The third-order valence-electron chi connectivity index (χ3n) is 2.92. The third-order valence-corrected chi connectivity index (χ3v) is 2.92. The van der Waals surface area contributed by atoms with Crippen LogP contribution in [0.25, 0.3) is 0 Å². The zero-order chi connectivity index (χ0) is 11.4. The van der Waals surface area contributed by atoms with Gasteiger partial charge in [0.15, 0.2) is 0 Å². The molecule has 0 fully saturated rings. The Kier molecular flexibility index (Phi) is 11.5. The summed E-state index contributed by atoms with van der Waals surface area (Å²) in [6.07, 6.45) is 14.2. The van der Waals surface area contributed by atoms with E-state index in [0.717, 1.165) is 12.8 Å². The zero-order valence-corrected chi connectivity index (χ0v) is 10.4. The highest BCUT2D eigenvalue weighted by molar-refractivity contribution is 4.65. The standard InChI is InChI=1S/C14H28O/c1-3-5-6-7-8-9-10-11-12-13-14(15)4-2/h3,14-15H,1,4-13H2,2H3. The van der Waals surface area contributed by atoms with Crippen LogP contribution in [0.15, 0.2) is 12.7 Å². The summed E-state index contributed by atoms with van der Waals surface area (Å²) in [6, 6.07) is 0. The maximum absolute atomic E-state index is 9.35. The van der Waals surface area contributed by atoms with Crippen molar-refractivity contribution < 1.29 is 5.11 Å². The molecule has 1 unspecified atom stereocenters. The minimum Gasteiger partial charge on any atom is -0.393 e. The second-order valence-corrected chi connectivity index (χ2v) is 4.40. The van der Waals surface area contributed by atoms with Crippen LogP contribution in [0.4, 0.5) is 0 Å². The van der Waals surface area contributed by atoms with Crippen LogP contribution in [-0.2, 0) is 0 Å². The number of rotatable bonds is 11. The van der Waals surface area contributed by atoms with Gasteiger partial charge in [-0.2, -0.15) is 0 Å². The fourth-order valence-electron chi connectivity index (χ4n) is 1.76. The number of aliphatic hydroxyl groups excluding tert-OH is 1. The molecular weight excluding hydrogens is 184 g/mol. The normalized spacial score (nSPS) is 12.7. The Morgan fingerprint density at radius 3 is 2.07 bits per heavy atom. The van der Waals surface area contributed by atoms with Gasteiger partial charge in [-0.05, 0) is 25.7 Å². The SMILES string of the molecule is C=CCCCCCCCCCC(O)CC. The van der Waals surface area contributed by atoms with E-state index in [-0.39, 0.29) is 6.10 Å². The second-order valence-electron chi connectivity index (χ2n) is 4.40. The summed E-state index contributed by atoms with van der Waals surface area (Å²) in [7, 11) is 0. The Balaban J connectivity index is 2.95. The molecule has 0 heterocycles. The predicted molar refractivity (Wildman–Crippen MR) is 68.0 cm³/mol. The summed E-state index contributed by atoms with van der Waals surface area (Å²) < 4.78 is 0. The summed E-state index contributed by atoms with van der Waals surface area (Å²) in [5, 5.41) is 9.35. The third kappa shape index (κ3) is 11.6. The van der Waals surface area contributed by atoms with Gasteiger partial charge in [-0.25, -0.2) is 0 Å². The van der Waals surface area contributed by atoms with E-state index in [0.29, 0.717) is 0 Å². The monoisotopic (exact) mass is 212 g/mol. The molecule has 0 aliphatic heterocycles. The Hall–Kier alpha value is -0.300. The lowest BCUT2D eigenvalue weighted by Gasteiger charge is -2.06. The van der Waals surface area contributed by atoms with Crippen LogP contribution in [-0.4, -0.2) is 11.2 Å². The molecule has 1 nitrogen and oxygen atoms in total. The van der Waals surface area contributed by atoms with Crippen LogP contribution in [0.2, 0.25) is 0 Å². The lowest BCUT2D eigenvalue weighted by molar-refractivity contribution is 0.156. The van der Waals surface area contributed by atoms with Gasteiger partial charge in [-0.1, -0.05) is 51.5 Å². The van der Waals surface area contributed by atoms with E-state index in [2.05, 4.69) is 6.58 Å². The van der Waals surface area contributed by atoms with Gasteiger partial charge in [0.05, 0.1) is 6.10 Å². The molecule has 0 rings (SSSR count). The maximum atomic E-state index is 9.35. The Morgan fingerprint density at radius 2 is 1.53 bits per heavy atom. The second kappa shape index (κ2) is 11.8. The zero-order valence-electron chi connectivity index (χ0n) is 10.4. The first-order chi connectivity index (χ1) is 7.31. The van der Waals surface area contributed by atoms with Crippen molar-refractivity contribution >= 4 is 0 Å². The molecule has 0 bridgehead atoms. The number of hydrogen-bond donors (Lipinski definition) is 1. The summed E-state index contributed by atoms with van der Waals surface area (Å²) in [4.78, 5) is 0. The first kappa shape index (κ1) is 14.7. The molecule has 0 aromatic heterocycles. The molecule has 0 aliphatic rings. The van der Waals surface area contributed by atoms with Gasteiger partial charge in [0.1, 0.15) is 0 Å². The lowest BCUT2D eigenvalue weighted by atomic mass is 10.0. The quantitative estimate of drug-likeness (QED) is 0.396. The van der Waals surface area contributed by atoms with Gasteiger partial charge < -0.3 is 5.11 Å². The van der Waals surface area contributed by atoms with Crippen LogP contribution in [0.1, 0.15) is 71.1 Å². The summed E-state index contributed by atoms with van der Waals surface area (Å²) in [6.45, 7) is 5.77. The molecule has 0 amide bonds. The summed E-state index contributed by atoms with van der Waals surface area (Å²) >= 11 is 0. The number of hydrogen-bond acceptors (Lipinski definition) is 1. The smallest absolute Gasteiger partial charge is 0.0537 e. The van der Waals surface area contributed by atoms with E-state index in [1.807, 2.05) is 13.0 Å². The average molecular weight is 212 g/mol.